The van der Waals surface area contributed by atoms with Crippen LogP contribution in [0.3, 0.4) is 0 Å². The molecule has 0 heterocycles. The van der Waals surface area contributed by atoms with Crippen LogP contribution in [-0.4, -0.2) is 20.8 Å². The van der Waals surface area contributed by atoms with E-state index in [2.05, 4.69) is 28.9 Å². The third kappa shape index (κ3) is 2.36. The Morgan fingerprint density at radius 1 is 1.21 bits per heavy atom. The van der Waals surface area contributed by atoms with Crippen LogP contribution in [0.15, 0.2) is 10.5 Å². The number of benzene rings is 1. The van der Waals surface area contributed by atoms with Crippen LogP contribution in [0.5, 0.6) is 11.5 Å². The van der Waals surface area contributed by atoms with Gasteiger partial charge >= 0.3 is 0 Å². The minimum absolute atomic E-state index is 0.0604. The summed E-state index contributed by atoms with van der Waals surface area (Å²) in [6.45, 7) is 2.73. The highest BCUT2D eigenvalue weighted by atomic mass is 79.9. The maximum Gasteiger partial charge on any atom is 0.140 e. The van der Waals surface area contributed by atoms with E-state index in [0.29, 0.717) is 6.54 Å². The minimum atomic E-state index is 0.0604. The lowest BCUT2D eigenvalue weighted by molar-refractivity contribution is 0.363. The highest BCUT2D eigenvalue weighted by Crippen LogP contribution is 2.49. The molecular weight excluding hydrogens is 306 g/mol. The Morgan fingerprint density at radius 2 is 1.79 bits per heavy atom. The summed E-state index contributed by atoms with van der Waals surface area (Å²) in [4.78, 5) is 0. The topological polar surface area (TPSA) is 44.5 Å². The van der Waals surface area contributed by atoms with Gasteiger partial charge in [-0.25, -0.2) is 0 Å². The highest BCUT2D eigenvalue weighted by molar-refractivity contribution is 9.10. The van der Waals surface area contributed by atoms with E-state index in [9.17, 15) is 0 Å². The summed E-state index contributed by atoms with van der Waals surface area (Å²) < 4.78 is 12.0. The van der Waals surface area contributed by atoms with Crippen LogP contribution in [0.25, 0.3) is 0 Å². The number of hydrogen-bond acceptors (Lipinski definition) is 3. The fourth-order valence-corrected chi connectivity index (χ4v) is 4.07. The first-order chi connectivity index (χ1) is 9.09. The third-order valence-corrected chi connectivity index (χ3v) is 5.01. The fraction of sp³-hybridized carbons (Fsp3) is 0.600. The highest BCUT2D eigenvalue weighted by Gasteiger charge is 2.38. The van der Waals surface area contributed by atoms with Gasteiger partial charge in [-0.05, 0) is 47.3 Å². The maximum absolute atomic E-state index is 6.09. The van der Waals surface area contributed by atoms with Crippen molar-refractivity contribution in [3.05, 3.63) is 21.7 Å². The zero-order chi connectivity index (χ0) is 14.0. The molecule has 0 atom stereocenters. The Kier molecular flexibility index (Phi) is 4.41. The van der Waals surface area contributed by atoms with E-state index in [0.717, 1.165) is 34.4 Å². The predicted octanol–water partition coefficient (Wildman–Crippen LogP) is 3.55. The molecule has 4 heteroatoms. The van der Waals surface area contributed by atoms with Crippen molar-refractivity contribution in [3.8, 4) is 11.5 Å². The Hall–Kier alpha value is -0.740. The first-order valence-corrected chi connectivity index (χ1v) is 7.50. The van der Waals surface area contributed by atoms with E-state index in [1.54, 1.807) is 14.2 Å². The molecule has 0 aromatic heterocycles. The maximum atomic E-state index is 6.09. The van der Waals surface area contributed by atoms with Crippen molar-refractivity contribution in [2.75, 3.05) is 20.8 Å². The van der Waals surface area contributed by atoms with Gasteiger partial charge in [0.15, 0.2) is 0 Å². The molecular formula is C15H22BrNO2. The fourth-order valence-electron chi connectivity index (χ4n) is 3.22. The van der Waals surface area contributed by atoms with Crippen LogP contribution < -0.4 is 15.2 Å². The van der Waals surface area contributed by atoms with Gasteiger partial charge in [-0.1, -0.05) is 12.8 Å². The average Bonchev–Trinajstić information content (AvgIpc) is 2.88. The smallest absolute Gasteiger partial charge is 0.140 e. The van der Waals surface area contributed by atoms with Crippen LogP contribution >= 0.6 is 15.9 Å². The summed E-state index contributed by atoms with van der Waals surface area (Å²) in [6.07, 6.45) is 4.75. The van der Waals surface area contributed by atoms with Gasteiger partial charge in [0.1, 0.15) is 16.0 Å². The van der Waals surface area contributed by atoms with E-state index in [1.165, 1.54) is 18.4 Å². The second kappa shape index (κ2) is 5.71. The molecule has 0 aliphatic heterocycles. The van der Waals surface area contributed by atoms with Crippen molar-refractivity contribution in [1.82, 2.24) is 0 Å². The molecule has 1 aliphatic rings. The van der Waals surface area contributed by atoms with E-state index >= 15 is 0 Å². The van der Waals surface area contributed by atoms with Gasteiger partial charge < -0.3 is 15.2 Å². The van der Waals surface area contributed by atoms with Crippen LogP contribution in [0.2, 0.25) is 0 Å². The van der Waals surface area contributed by atoms with Crippen molar-refractivity contribution in [2.24, 2.45) is 5.73 Å². The lowest BCUT2D eigenvalue weighted by atomic mass is 9.78. The Labute approximate surface area is 123 Å². The zero-order valence-electron chi connectivity index (χ0n) is 11.9. The average molecular weight is 328 g/mol. The predicted molar refractivity (Wildman–Crippen MR) is 81.2 cm³/mol. The second-order valence-corrected chi connectivity index (χ2v) is 6.11. The summed E-state index contributed by atoms with van der Waals surface area (Å²) in [5, 5.41) is 0. The molecule has 1 fully saturated rings. The molecule has 106 valence electrons. The summed E-state index contributed by atoms with van der Waals surface area (Å²) in [5.74, 6) is 1.71. The van der Waals surface area contributed by atoms with Gasteiger partial charge in [0.2, 0.25) is 0 Å². The van der Waals surface area contributed by atoms with Crippen molar-refractivity contribution in [1.29, 1.82) is 0 Å². The van der Waals surface area contributed by atoms with Crippen LogP contribution in [0.1, 0.15) is 36.8 Å². The summed E-state index contributed by atoms with van der Waals surface area (Å²) >= 11 is 3.61. The van der Waals surface area contributed by atoms with Gasteiger partial charge in [0.05, 0.1) is 14.2 Å². The zero-order valence-corrected chi connectivity index (χ0v) is 13.5. The van der Waals surface area contributed by atoms with E-state index in [4.69, 9.17) is 15.2 Å². The molecule has 0 bridgehead atoms. The first-order valence-electron chi connectivity index (χ1n) is 6.71. The Balaban J connectivity index is 2.62. The SMILES string of the molecule is COc1c(C)cc(C2(CN)CCCC2)c(OC)c1Br. The molecule has 0 radical (unpaired) electrons. The number of ether oxygens (including phenoxy) is 2. The number of aryl methyl sites for hydroxylation is 1. The summed E-state index contributed by atoms with van der Waals surface area (Å²) in [5.41, 5.74) is 8.49. The molecule has 2 N–H and O–H groups in total. The van der Waals surface area contributed by atoms with E-state index in [1.807, 2.05) is 0 Å². The molecule has 0 unspecified atom stereocenters. The Morgan fingerprint density at radius 3 is 2.26 bits per heavy atom. The van der Waals surface area contributed by atoms with Crippen molar-refractivity contribution < 1.29 is 9.47 Å². The standard InChI is InChI=1S/C15H22BrNO2/c1-10-8-11(15(9-17)6-4-5-7-15)14(19-3)12(16)13(10)18-2/h8H,4-7,9,17H2,1-3H3. The van der Waals surface area contributed by atoms with Gasteiger partial charge in [-0.3, -0.25) is 0 Å². The molecule has 19 heavy (non-hydrogen) atoms. The molecule has 3 nitrogen and oxygen atoms in total. The van der Waals surface area contributed by atoms with Gasteiger partial charge in [0.25, 0.3) is 0 Å². The normalized spacial score (nSPS) is 17.5. The van der Waals surface area contributed by atoms with Gasteiger partial charge in [0, 0.05) is 17.5 Å². The Bertz CT molecular complexity index is 468. The molecule has 0 amide bonds. The number of nitrogens with two attached hydrogens (primary N) is 1. The number of halogens is 1. The number of hydrogen-bond donors (Lipinski definition) is 1. The number of rotatable bonds is 4. The summed E-state index contributed by atoms with van der Waals surface area (Å²) in [7, 11) is 3.39. The van der Waals surface area contributed by atoms with Gasteiger partial charge in [-0.15, -0.1) is 0 Å². The number of methoxy groups -OCH3 is 2. The van der Waals surface area contributed by atoms with Crippen molar-refractivity contribution in [2.45, 2.75) is 38.0 Å². The van der Waals surface area contributed by atoms with E-state index in [-0.39, 0.29) is 5.41 Å². The quantitative estimate of drug-likeness (QED) is 0.919. The van der Waals surface area contributed by atoms with Gasteiger partial charge in [-0.2, -0.15) is 0 Å². The van der Waals surface area contributed by atoms with Crippen molar-refractivity contribution >= 4 is 15.9 Å². The molecule has 0 spiro atoms. The lowest BCUT2D eigenvalue weighted by Crippen LogP contribution is -2.32. The molecule has 1 saturated carbocycles. The van der Waals surface area contributed by atoms with Crippen LogP contribution in [0.4, 0.5) is 0 Å². The first kappa shape index (κ1) is 14.7. The monoisotopic (exact) mass is 327 g/mol. The molecule has 0 saturated heterocycles. The molecule has 2 rings (SSSR count). The molecule has 1 aromatic rings. The third-order valence-electron chi connectivity index (χ3n) is 4.29. The van der Waals surface area contributed by atoms with Crippen LogP contribution in [-0.2, 0) is 5.41 Å². The molecule has 1 aromatic carbocycles. The minimum Gasteiger partial charge on any atom is -0.495 e. The van der Waals surface area contributed by atoms with Crippen molar-refractivity contribution in [3.63, 3.8) is 0 Å². The van der Waals surface area contributed by atoms with E-state index < -0.39 is 0 Å². The largest absolute Gasteiger partial charge is 0.495 e. The second-order valence-electron chi connectivity index (χ2n) is 5.31. The molecule has 1 aliphatic carbocycles. The van der Waals surface area contributed by atoms with Crippen LogP contribution in [0, 0.1) is 6.92 Å². The lowest BCUT2D eigenvalue weighted by Gasteiger charge is -2.31. The summed E-state index contributed by atoms with van der Waals surface area (Å²) in [6, 6.07) is 2.18.